The van der Waals surface area contributed by atoms with Crippen LogP contribution in [0.25, 0.3) is 22.3 Å². The van der Waals surface area contributed by atoms with Crippen molar-refractivity contribution in [1.29, 1.82) is 0 Å². The van der Waals surface area contributed by atoms with Crippen LogP contribution in [0.15, 0.2) is 115 Å². The van der Waals surface area contributed by atoms with Crippen molar-refractivity contribution in [2.24, 2.45) is 0 Å². The Bertz CT molecular complexity index is 1560. The second kappa shape index (κ2) is 10.3. The molecule has 0 bridgehead atoms. The number of aryl methyl sites for hydroxylation is 2. The maximum Gasteiger partial charge on any atom is 0.0543 e. The Morgan fingerprint density at radius 2 is 1.13 bits per heavy atom. The molecule has 0 amide bonds. The first-order valence-electron chi connectivity index (χ1n) is 13.7. The quantitative estimate of drug-likeness (QED) is 0.240. The third kappa shape index (κ3) is 4.33. The molecule has 0 atom stereocenters. The molecule has 0 unspecified atom stereocenters. The van der Waals surface area contributed by atoms with Gasteiger partial charge < -0.3 is 4.90 Å². The van der Waals surface area contributed by atoms with Crippen molar-refractivity contribution in [3.8, 4) is 22.3 Å². The summed E-state index contributed by atoms with van der Waals surface area (Å²) in [5.41, 5.74) is 14.1. The Hall–Kier alpha value is -4.10. The van der Waals surface area contributed by atoms with E-state index in [1.807, 2.05) is 13.8 Å². The van der Waals surface area contributed by atoms with Gasteiger partial charge in [0.05, 0.1) is 5.69 Å². The van der Waals surface area contributed by atoms with Crippen LogP contribution in [0.1, 0.15) is 49.9 Å². The number of anilines is 3. The van der Waals surface area contributed by atoms with Crippen LogP contribution in [0.3, 0.4) is 0 Å². The molecule has 0 aliphatic heterocycles. The number of hydrogen-bond acceptors (Lipinski definition) is 1. The van der Waals surface area contributed by atoms with E-state index in [0.29, 0.717) is 0 Å². The van der Waals surface area contributed by atoms with Crippen molar-refractivity contribution >= 4 is 17.1 Å². The van der Waals surface area contributed by atoms with E-state index in [0.717, 1.165) is 5.69 Å². The fraction of sp³-hybridized carbons (Fsp3) is 0.189. The van der Waals surface area contributed by atoms with E-state index in [4.69, 9.17) is 0 Å². The third-order valence-electron chi connectivity index (χ3n) is 7.81. The molecule has 1 heteroatoms. The predicted octanol–water partition coefficient (Wildman–Crippen LogP) is 10.8. The molecular weight excluding hydrogens is 458 g/mol. The van der Waals surface area contributed by atoms with Crippen LogP contribution < -0.4 is 4.90 Å². The first-order valence-corrected chi connectivity index (χ1v) is 13.7. The Kier molecular flexibility index (Phi) is 6.95. The molecule has 1 aliphatic rings. The van der Waals surface area contributed by atoms with Gasteiger partial charge in [-0.1, -0.05) is 113 Å². The van der Waals surface area contributed by atoms with Gasteiger partial charge >= 0.3 is 0 Å². The average Bonchev–Trinajstić information content (AvgIpc) is 3.20. The molecule has 0 radical (unpaired) electrons. The zero-order chi connectivity index (χ0) is 26.9. The summed E-state index contributed by atoms with van der Waals surface area (Å²) in [6.07, 6.45) is 0. The first-order chi connectivity index (χ1) is 18.4. The highest BCUT2D eigenvalue weighted by Crippen LogP contribution is 2.54. The molecule has 5 aromatic rings. The molecule has 0 saturated heterocycles. The van der Waals surface area contributed by atoms with Gasteiger partial charge in [0, 0.05) is 22.4 Å². The number of rotatable bonds is 4. The van der Waals surface area contributed by atoms with Crippen molar-refractivity contribution in [3.05, 3.63) is 138 Å². The van der Waals surface area contributed by atoms with Gasteiger partial charge in [0.25, 0.3) is 0 Å². The number of nitrogens with zero attached hydrogens (tertiary/aromatic N) is 1. The van der Waals surface area contributed by atoms with Crippen LogP contribution in [0.4, 0.5) is 17.1 Å². The standard InChI is InChI=1S/C35H31N.C2H6/c1-24-17-20-29(23-25(24)2)36(28-21-18-27(19-22-28)26-11-6-5-7-12-26)33-16-10-15-32-34(33)30-13-8-9-14-31(30)35(32,3)4;1-2/h5-23H,1-4H3;1-2H3. The van der Waals surface area contributed by atoms with Crippen molar-refractivity contribution in [2.75, 3.05) is 4.90 Å². The van der Waals surface area contributed by atoms with Crippen molar-refractivity contribution in [3.63, 3.8) is 0 Å². The molecule has 1 nitrogen and oxygen atoms in total. The SMILES string of the molecule is CC.Cc1ccc(N(c2ccc(-c3ccccc3)cc2)c2cccc3c2-c2ccccc2C3(C)C)cc1C. The normalized spacial score (nSPS) is 12.7. The Balaban J connectivity index is 0.00000144. The van der Waals surface area contributed by atoms with Crippen LogP contribution in [0.5, 0.6) is 0 Å². The van der Waals surface area contributed by atoms with E-state index in [-0.39, 0.29) is 5.41 Å². The molecule has 0 N–H and O–H groups in total. The maximum absolute atomic E-state index is 2.43. The van der Waals surface area contributed by atoms with Crippen LogP contribution in [0, 0.1) is 13.8 Å². The van der Waals surface area contributed by atoms with Crippen molar-refractivity contribution < 1.29 is 0 Å². The molecule has 0 aromatic heterocycles. The van der Waals surface area contributed by atoms with Crippen LogP contribution >= 0.6 is 0 Å². The zero-order valence-corrected chi connectivity index (χ0v) is 23.4. The highest BCUT2D eigenvalue weighted by atomic mass is 15.1. The third-order valence-corrected chi connectivity index (χ3v) is 7.81. The number of hydrogen-bond donors (Lipinski definition) is 0. The van der Waals surface area contributed by atoms with E-state index in [2.05, 4.69) is 148 Å². The van der Waals surface area contributed by atoms with E-state index in [1.165, 1.54) is 55.9 Å². The largest absolute Gasteiger partial charge is 0.310 e. The van der Waals surface area contributed by atoms with Gasteiger partial charge in [-0.2, -0.15) is 0 Å². The van der Waals surface area contributed by atoms with Crippen LogP contribution in [-0.2, 0) is 5.41 Å². The molecule has 6 rings (SSSR count). The molecule has 190 valence electrons. The second-order valence-electron chi connectivity index (χ2n) is 10.4. The van der Waals surface area contributed by atoms with E-state index in [9.17, 15) is 0 Å². The predicted molar refractivity (Wildman–Crippen MR) is 165 cm³/mol. The highest BCUT2D eigenvalue weighted by Gasteiger charge is 2.37. The fourth-order valence-electron chi connectivity index (χ4n) is 5.65. The molecule has 38 heavy (non-hydrogen) atoms. The highest BCUT2D eigenvalue weighted by molar-refractivity contribution is 5.95. The maximum atomic E-state index is 2.43. The lowest BCUT2D eigenvalue weighted by Gasteiger charge is -2.29. The minimum absolute atomic E-state index is 0.0338. The van der Waals surface area contributed by atoms with Crippen molar-refractivity contribution in [1.82, 2.24) is 0 Å². The average molecular weight is 496 g/mol. The summed E-state index contributed by atoms with van der Waals surface area (Å²) in [5, 5.41) is 0. The van der Waals surface area contributed by atoms with Crippen molar-refractivity contribution in [2.45, 2.75) is 47.0 Å². The van der Waals surface area contributed by atoms with Gasteiger partial charge in [-0.05, 0) is 83.1 Å². The zero-order valence-electron chi connectivity index (χ0n) is 23.4. The van der Waals surface area contributed by atoms with E-state index in [1.54, 1.807) is 0 Å². The van der Waals surface area contributed by atoms with Gasteiger partial charge in [-0.15, -0.1) is 0 Å². The lowest BCUT2D eigenvalue weighted by Crippen LogP contribution is -2.16. The molecule has 5 aromatic carbocycles. The summed E-state index contributed by atoms with van der Waals surface area (Å²) in [6, 6.07) is 42.0. The first kappa shape index (κ1) is 25.5. The number of benzene rings is 5. The van der Waals surface area contributed by atoms with E-state index >= 15 is 0 Å². The molecule has 0 spiro atoms. The molecule has 0 heterocycles. The monoisotopic (exact) mass is 495 g/mol. The summed E-state index contributed by atoms with van der Waals surface area (Å²) in [7, 11) is 0. The fourth-order valence-corrected chi connectivity index (χ4v) is 5.65. The Morgan fingerprint density at radius 3 is 1.84 bits per heavy atom. The topological polar surface area (TPSA) is 3.24 Å². The van der Waals surface area contributed by atoms with Crippen LogP contribution in [-0.4, -0.2) is 0 Å². The molecule has 1 aliphatic carbocycles. The Morgan fingerprint density at radius 1 is 0.526 bits per heavy atom. The minimum Gasteiger partial charge on any atom is -0.310 e. The number of fused-ring (bicyclic) bond motifs is 3. The molecule has 0 saturated carbocycles. The van der Waals surface area contributed by atoms with Gasteiger partial charge in [0.15, 0.2) is 0 Å². The molecule has 0 fully saturated rings. The summed E-state index contributed by atoms with van der Waals surface area (Å²) in [6.45, 7) is 13.1. The molecular formula is C37H37N. The summed E-state index contributed by atoms with van der Waals surface area (Å²) >= 11 is 0. The summed E-state index contributed by atoms with van der Waals surface area (Å²) < 4.78 is 0. The van der Waals surface area contributed by atoms with Gasteiger partial charge in [-0.3, -0.25) is 0 Å². The second-order valence-corrected chi connectivity index (χ2v) is 10.4. The summed E-state index contributed by atoms with van der Waals surface area (Å²) in [4.78, 5) is 2.43. The van der Waals surface area contributed by atoms with Gasteiger partial charge in [0.1, 0.15) is 0 Å². The minimum atomic E-state index is -0.0338. The summed E-state index contributed by atoms with van der Waals surface area (Å²) in [5.74, 6) is 0. The van der Waals surface area contributed by atoms with E-state index < -0.39 is 0 Å². The smallest absolute Gasteiger partial charge is 0.0543 e. The van der Waals surface area contributed by atoms with Crippen LogP contribution in [0.2, 0.25) is 0 Å². The Labute approximate surface area is 228 Å². The van der Waals surface area contributed by atoms with Gasteiger partial charge in [0.2, 0.25) is 0 Å². The van der Waals surface area contributed by atoms with Gasteiger partial charge in [-0.25, -0.2) is 0 Å². The lowest BCUT2D eigenvalue weighted by molar-refractivity contribution is 0.660. The lowest BCUT2D eigenvalue weighted by atomic mass is 9.82.